The number of methoxy groups -OCH3 is 1. The van der Waals surface area contributed by atoms with Gasteiger partial charge in [-0.25, -0.2) is 4.79 Å². The molecule has 0 atom stereocenters. The molecule has 0 aliphatic heterocycles. The van der Waals surface area contributed by atoms with Gasteiger partial charge in [-0.1, -0.05) is 48.5 Å². The van der Waals surface area contributed by atoms with E-state index >= 15 is 0 Å². The van der Waals surface area contributed by atoms with Crippen molar-refractivity contribution < 1.29 is 18.7 Å². The third-order valence-corrected chi connectivity index (χ3v) is 5.68. The number of urea groups is 1. The number of rotatable bonds is 11. The number of amides is 3. The fourth-order valence-electron chi connectivity index (χ4n) is 3.71. The molecule has 1 aromatic heterocycles. The highest BCUT2D eigenvalue weighted by Crippen LogP contribution is 2.20. The summed E-state index contributed by atoms with van der Waals surface area (Å²) >= 11 is 0. The molecule has 180 valence electrons. The minimum absolute atomic E-state index is 0.0599. The lowest BCUT2D eigenvalue weighted by molar-refractivity contribution is -0.132. The molecule has 0 aliphatic rings. The molecule has 0 saturated carbocycles. The number of furan rings is 1. The van der Waals surface area contributed by atoms with E-state index in [1.54, 1.807) is 24.3 Å². The van der Waals surface area contributed by atoms with Crippen molar-refractivity contribution in [2.45, 2.75) is 26.8 Å². The van der Waals surface area contributed by atoms with Gasteiger partial charge in [0.05, 0.1) is 19.4 Å². The smallest absolute Gasteiger partial charge is 0.322 e. The standard InChI is InChI=1S/C27H33N3O4/c1-21-9-7-10-22(2)26(21)28-27(32)30(16-18-33-3)20-25(31)29(19-24-13-8-17-34-24)15-14-23-11-5-4-6-12-23/h4-13,17H,14-16,18-20H2,1-3H3,(H,28,32). The Hall–Kier alpha value is -3.58. The van der Waals surface area contributed by atoms with Gasteiger partial charge in [-0.3, -0.25) is 4.79 Å². The van der Waals surface area contributed by atoms with Gasteiger partial charge in [0, 0.05) is 25.9 Å². The normalized spacial score (nSPS) is 10.7. The van der Waals surface area contributed by atoms with Crippen molar-refractivity contribution in [1.29, 1.82) is 0 Å². The average molecular weight is 464 g/mol. The van der Waals surface area contributed by atoms with Gasteiger partial charge in [0.15, 0.2) is 0 Å². The van der Waals surface area contributed by atoms with E-state index in [2.05, 4.69) is 5.32 Å². The fourth-order valence-corrected chi connectivity index (χ4v) is 3.71. The van der Waals surface area contributed by atoms with Gasteiger partial charge in [-0.2, -0.15) is 0 Å². The topological polar surface area (TPSA) is 75.0 Å². The highest BCUT2D eigenvalue weighted by molar-refractivity contribution is 5.93. The minimum atomic E-state index is -0.330. The highest BCUT2D eigenvalue weighted by atomic mass is 16.5. The second-order valence-electron chi connectivity index (χ2n) is 8.24. The van der Waals surface area contributed by atoms with E-state index in [1.807, 2.05) is 68.4 Å². The van der Waals surface area contributed by atoms with E-state index in [9.17, 15) is 9.59 Å². The molecule has 3 aromatic rings. The first-order valence-corrected chi connectivity index (χ1v) is 11.4. The number of benzene rings is 2. The molecule has 7 nitrogen and oxygen atoms in total. The second-order valence-corrected chi connectivity index (χ2v) is 8.24. The summed E-state index contributed by atoms with van der Waals surface area (Å²) in [5.74, 6) is 0.546. The molecular weight excluding hydrogens is 430 g/mol. The number of para-hydroxylation sites is 1. The molecule has 0 bridgehead atoms. The first-order valence-electron chi connectivity index (χ1n) is 11.4. The van der Waals surface area contributed by atoms with Crippen LogP contribution in [0, 0.1) is 13.8 Å². The lowest BCUT2D eigenvalue weighted by Gasteiger charge is -2.28. The largest absolute Gasteiger partial charge is 0.467 e. The predicted molar refractivity (Wildman–Crippen MR) is 133 cm³/mol. The Labute approximate surface area is 201 Å². The van der Waals surface area contributed by atoms with Gasteiger partial charge >= 0.3 is 6.03 Å². The molecule has 34 heavy (non-hydrogen) atoms. The Morgan fingerprint density at radius 3 is 2.29 bits per heavy atom. The number of ether oxygens (including phenoxy) is 1. The van der Waals surface area contributed by atoms with Gasteiger partial charge in [0.25, 0.3) is 0 Å². The van der Waals surface area contributed by atoms with Crippen molar-refractivity contribution >= 4 is 17.6 Å². The SMILES string of the molecule is COCCN(CC(=O)N(CCc1ccccc1)Cc1ccco1)C(=O)Nc1c(C)cccc1C. The van der Waals surface area contributed by atoms with Gasteiger partial charge in [-0.15, -0.1) is 0 Å². The first kappa shape index (κ1) is 25.1. The van der Waals surface area contributed by atoms with Crippen molar-refractivity contribution in [3.05, 3.63) is 89.4 Å². The summed E-state index contributed by atoms with van der Waals surface area (Å²) in [4.78, 5) is 29.8. The van der Waals surface area contributed by atoms with Crippen LogP contribution in [-0.4, -0.2) is 55.1 Å². The zero-order valence-corrected chi connectivity index (χ0v) is 20.1. The number of carbonyl (C=O) groups is 2. The van der Waals surface area contributed by atoms with Crippen LogP contribution in [0.4, 0.5) is 10.5 Å². The van der Waals surface area contributed by atoms with E-state index in [0.717, 1.165) is 22.4 Å². The van der Waals surface area contributed by atoms with Crippen LogP contribution >= 0.6 is 0 Å². The summed E-state index contributed by atoms with van der Waals surface area (Å²) in [6, 6.07) is 19.2. The van der Waals surface area contributed by atoms with Crippen LogP contribution < -0.4 is 5.32 Å². The summed E-state index contributed by atoms with van der Waals surface area (Å²) in [5, 5.41) is 2.98. The second kappa shape index (κ2) is 12.6. The third kappa shape index (κ3) is 7.22. The van der Waals surface area contributed by atoms with Crippen molar-refractivity contribution in [2.24, 2.45) is 0 Å². The van der Waals surface area contributed by atoms with Crippen LogP contribution in [0.5, 0.6) is 0 Å². The molecule has 0 spiro atoms. The molecule has 1 heterocycles. The van der Waals surface area contributed by atoms with Gasteiger partial charge < -0.3 is 24.3 Å². The molecule has 3 amide bonds. The Balaban J connectivity index is 1.73. The molecule has 0 aliphatic carbocycles. The number of aryl methyl sites for hydroxylation is 2. The highest BCUT2D eigenvalue weighted by Gasteiger charge is 2.23. The van der Waals surface area contributed by atoms with Gasteiger partial charge in [-0.05, 0) is 49.1 Å². The molecule has 7 heteroatoms. The summed E-state index contributed by atoms with van der Waals surface area (Å²) in [6.45, 7) is 5.32. The van der Waals surface area contributed by atoms with Crippen LogP contribution in [0.3, 0.4) is 0 Å². The van der Waals surface area contributed by atoms with E-state index in [1.165, 1.54) is 4.90 Å². The number of carbonyl (C=O) groups excluding carboxylic acids is 2. The van der Waals surface area contributed by atoms with Crippen LogP contribution in [0.25, 0.3) is 0 Å². The summed E-state index contributed by atoms with van der Waals surface area (Å²) < 4.78 is 10.7. The average Bonchev–Trinajstić information content (AvgIpc) is 3.35. The van der Waals surface area contributed by atoms with Crippen LogP contribution in [0.2, 0.25) is 0 Å². The minimum Gasteiger partial charge on any atom is -0.467 e. The Bertz CT molecular complexity index is 1030. The van der Waals surface area contributed by atoms with E-state index in [0.29, 0.717) is 38.4 Å². The fraction of sp³-hybridized carbons (Fsp3) is 0.333. The van der Waals surface area contributed by atoms with E-state index in [4.69, 9.17) is 9.15 Å². The van der Waals surface area contributed by atoms with Crippen molar-refractivity contribution in [1.82, 2.24) is 9.80 Å². The lowest BCUT2D eigenvalue weighted by atomic mass is 10.1. The molecule has 0 fully saturated rings. The zero-order valence-electron chi connectivity index (χ0n) is 20.1. The molecule has 2 aromatic carbocycles. The first-order chi connectivity index (χ1) is 16.5. The van der Waals surface area contributed by atoms with Crippen LogP contribution in [-0.2, 0) is 22.5 Å². The van der Waals surface area contributed by atoms with Crippen molar-refractivity contribution in [3.63, 3.8) is 0 Å². The maximum Gasteiger partial charge on any atom is 0.322 e. The zero-order chi connectivity index (χ0) is 24.3. The number of hydrogen-bond acceptors (Lipinski definition) is 4. The maximum atomic E-state index is 13.4. The van der Waals surface area contributed by atoms with Crippen molar-refractivity contribution in [3.8, 4) is 0 Å². The molecule has 3 rings (SSSR count). The summed E-state index contributed by atoms with van der Waals surface area (Å²) in [6.07, 6.45) is 2.30. The Kier molecular flexibility index (Phi) is 9.29. The summed E-state index contributed by atoms with van der Waals surface area (Å²) in [5.41, 5.74) is 3.84. The molecule has 1 N–H and O–H groups in total. The molecule has 0 saturated heterocycles. The van der Waals surface area contributed by atoms with E-state index in [-0.39, 0.29) is 18.5 Å². The van der Waals surface area contributed by atoms with Crippen LogP contribution in [0.1, 0.15) is 22.5 Å². The molecular formula is C27H33N3O4. The number of nitrogens with one attached hydrogen (secondary N) is 1. The monoisotopic (exact) mass is 463 g/mol. The van der Waals surface area contributed by atoms with Gasteiger partial charge in [0.2, 0.25) is 5.91 Å². The van der Waals surface area contributed by atoms with E-state index < -0.39 is 0 Å². The molecule has 0 radical (unpaired) electrons. The maximum absolute atomic E-state index is 13.4. The number of nitrogens with zero attached hydrogens (tertiary/aromatic N) is 2. The van der Waals surface area contributed by atoms with Crippen molar-refractivity contribution in [2.75, 3.05) is 38.7 Å². The lowest BCUT2D eigenvalue weighted by Crippen LogP contribution is -2.46. The van der Waals surface area contributed by atoms with Gasteiger partial charge in [0.1, 0.15) is 12.3 Å². The summed E-state index contributed by atoms with van der Waals surface area (Å²) in [7, 11) is 1.58. The number of hydrogen-bond donors (Lipinski definition) is 1. The third-order valence-electron chi connectivity index (χ3n) is 5.68. The Morgan fingerprint density at radius 1 is 0.912 bits per heavy atom. The van der Waals surface area contributed by atoms with Crippen LogP contribution in [0.15, 0.2) is 71.3 Å². The molecule has 0 unspecified atom stereocenters. The quantitative estimate of drug-likeness (QED) is 0.449. The Morgan fingerprint density at radius 2 is 1.65 bits per heavy atom. The number of anilines is 1. The predicted octanol–water partition coefficient (Wildman–Crippen LogP) is 4.65.